The first kappa shape index (κ1) is 16.9. The molecule has 0 aliphatic rings. The fraction of sp³-hybridized carbons (Fsp3) is 0.0952. The molecule has 0 atom stereocenters. The highest BCUT2D eigenvalue weighted by molar-refractivity contribution is 5.81. The van der Waals surface area contributed by atoms with E-state index in [0.29, 0.717) is 18.2 Å². The van der Waals surface area contributed by atoms with E-state index >= 15 is 0 Å². The van der Waals surface area contributed by atoms with E-state index in [1.54, 1.807) is 30.7 Å². The summed E-state index contributed by atoms with van der Waals surface area (Å²) in [6.07, 6.45) is 5.25. The van der Waals surface area contributed by atoms with Crippen LogP contribution in [-0.4, -0.2) is 15.0 Å². The average molecular weight is 360 g/mol. The van der Waals surface area contributed by atoms with Gasteiger partial charge in [0, 0.05) is 41.3 Å². The number of aromatic nitrogens is 3. The molecule has 0 bridgehead atoms. The van der Waals surface area contributed by atoms with Crippen LogP contribution in [0.25, 0.3) is 10.9 Å². The molecule has 0 aliphatic heterocycles. The molecule has 0 unspecified atom stereocenters. The van der Waals surface area contributed by atoms with Crippen LogP contribution in [0, 0.1) is 12.7 Å². The maximum Gasteiger partial charge on any atom is 0.227 e. The second-order valence-corrected chi connectivity index (χ2v) is 6.16. The van der Waals surface area contributed by atoms with Gasteiger partial charge in [-0.3, -0.25) is 4.98 Å². The average Bonchev–Trinajstić information content (AvgIpc) is 2.67. The second kappa shape index (κ2) is 7.37. The zero-order valence-electron chi connectivity index (χ0n) is 14.7. The van der Waals surface area contributed by atoms with E-state index < -0.39 is 0 Å². The molecule has 0 fully saturated rings. The van der Waals surface area contributed by atoms with E-state index in [2.05, 4.69) is 20.3 Å². The van der Waals surface area contributed by atoms with Gasteiger partial charge in [0.1, 0.15) is 18.2 Å². The van der Waals surface area contributed by atoms with Crippen molar-refractivity contribution in [1.82, 2.24) is 15.0 Å². The molecule has 1 N–H and O–H groups in total. The Bertz CT molecular complexity index is 1090. The van der Waals surface area contributed by atoms with Crippen molar-refractivity contribution in [3.8, 4) is 5.75 Å². The van der Waals surface area contributed by atoms with Gasteiger partial charge in [-0.05, 0) is 42.8 Å². The lowest BCUT2D eigenvalue weighted by Gasteiger charge is -2.11. The third kappa shape index (κ3) is 4.00. The van der Waals surface area contributed by atoms with Crippen LogP contribution in [0.3, 0.4) is 0 Å². The lowest BCUT2D eigenvalue weighted by molar-refractivity contribution is 0.304. The first-order chi connectivity index (χ1) is 13.2. The molecular formula is C21H17FN4O. The van der Waals surface area contributed by atoms with E-state index in [1.165, 1.54) is 12.1 Å². The maximum atomic E-state index is 13.3. The molecule has 0 saturated heterocycles. The van der Waals surface area contributed by atoms with Crippen molar-refractivity contribution in [2.75, 3.05) is 5.32 Å². The molecule has 0 aliphatic carbocycles. The monoisotopic (exact) mass is 360 g/mol. The molecule has 0 radical (unpaired) electrons. The summed E-state index contributed by atoms with van der Waals surface area (Å²) in [5.74, 6) is 0.833. The number of ether oxygens (including phenoxy) is 1. The molecule has 5 nitrogen and oxygen atoms in total. The molecule has 0 spiro atoms. The summed E-state index contributed by atoms with van der Waals surface area (Å²) < 4.78 is 19.3. The Morgan fingerprint density at radius 1 is 1.07 bits per heavy atom. The summed E-state index contributed by atoms with van der Waals surface area (Å²) >= 11 is 0. The predicted molar refractivity (Wildman–Crippen MR) is 103 cm³/mol. The van der Waals surface area contributed by atoms with Gasteiger partial charge in [0.15, 0.2) is 0 Å². The number of halogens is 1. The van der Waals surface area contributed by atoms with Gasteiger partial charge >= 0.3 is 0 Å². The van der Waals surface area contributed by atoms with Gasteiger partial charge in [0.2, 0.25) is 5.95 Å². The van der Waals surface area contributed by atoms with Crippen molar-refractivity contribution >= 4 is 22.5 Å². The topological polar surface area (TPSA) is 59.9 Å². The zero-order chi connectivity index (χ0) is 18.6. The van der Waals surface area contributed by atoms with Crippen LogP contribution in [0.4, 0.5) is 16.0 Å². The van der Waals surface area contributed by atoms with Gasteiger partial charge in [0.25, 0.3) is 0 Å². The molecule has 4 rings (SSSR count). The highest BCUT2D eigenvalue weighted by Crippen LogP contribution is 2.26. The van der Waals surface area contributed by atoms with Gasteiger partial charge in [0.05, 0.1) is 5.52 Å². The number of hydrogen-bond acceptors (Lipinski definition) is 5. The Morgan fingerprint density at radius 3 is 2.81 bits per heavy atom. The normalized spacial score (nSPS) is 10.7. The second-order valence-electron chi connectivity index (χ2n) is 6.16. The minimum absolute atomic E-state index is 0.317. The van der Waals surface area contributed by atoms with Gasteiger partial charge in [-0.15, -0.1) is 0 Å². The van der Waals surface area contributed by atoms with E-state index in [9.17, 15) is 4.39 Å². The number of nitrogens with one attached hydrogen (secondary N) is 1. The van der Waals surface area contributed by atoms with E-state index in [0.717, 1.165) is 27.8 Å². The van der Waals surface area contributed by atoms with Crippen LogP contribution in [0.1, 0.15) is 11.1 Å². The van der Waals surface area contributed by atoms with Crippen molar-refractivity contribution < 1.29 is 9.13 Å². The molecule has 27 heavy (non-hydrogen) atoms. The molecule has 0 saturated carbocycles. The predicted octanol–water partition coefficient (Wildman–Crippen LogP) is 4.79. The van der Waals surface area contributed by atoms with Crippen molar-refractivity contribution in [1.29, 1.82) is 0 Å². The summed E-state index contributed by atoms with van der Waals surface area (Å²) in [4.78, 5) is 12.9. The number of nitrogens with zero attached hydrogens (tertiary/aromatic N) is 3. The number of anilines is 2. The van der Waals surface area contributed by atoms with Crippen LogP contribution in [0.2, 0.25) is 0 Å². The Labute approximate surface area is 155 Å². The Balaban J connectivity index is 1.59. The Morgan fingerprint density at radius 2 is 2.00 bits per heavy atom. The SMILES string of the molecule is Cc1cc2cnc(Nc3cccc(F)c3)nc2cc1OCc1cccnc1. The smallest absolute Gasteiger partial charge is 0.227 e. The quantitative estimate of drug-likeness (QED) is 0.554. The third-order valence-electron chi connectivity index (χ3n) is 4.07. The van der Waals surface area contributed by atoms with Crippen LogP contribution in [0.15, 0.2) is 67.1 Å². The number of aryl methyl sites for hydroxylation is 1. The number of fused-ring (bicyclic) bond motifs is 1. The minimum atomic E-state index is -0.317. The van der Waals surface area contributed by atoms with E-state index in [4.69, 9.17) is 4.74 Å². The molecule has 6 heteroatoms. The standard InChI is InChI=1S/C21H17FN4O/c1-14-8-16-12-24-21(25-18-6-2-5-17(22)9-18)26-19(16)10-20(14)27-13-15-4-3-7-23-11-15/h2-12H,13H2,1H3,(H,24,25,26). The summed E-state index contributed by atoms with van der Waals surface area (Å²) in [6, 6.07) is 13.9. The summed E-state index contributed by atoms with van der Waals surface area (Å²) in [5.41, 5.74) is 3.33. The number of benzene rings is 2. The van der Waals surface area contributed by atoms with Crippen LogP contribution in [-0.2, 0) is 6.61 Å². The summed E-state index contributed by atoms with van der Waals surface area (Å²) in [7, 11) is 0. The molecule has 134 valence electrons. The van der Waals surface area contributed by atoms with Crippen molar-refractivity contribution in [2.24, 2.45) is 0 Å². The molecule has 2 heterocycles. The maximum absolute atomic E-state index is 13.3. The van der Waals surface area contributed by atoms with Crippen LogP contribution >= 0.6 is 0 Å². The first-order valence-electron chi connectivity index (χ1n) is 8.49. The number of pyridine rings is 1. The fourth-order valence-corrected chi connectivity index (χ4v) is 2.73. The van der Waals surface area contributed by atoms with Crippen molar-refractivity contribution in [3.63, 3.8) is 0 Å². The Kier molecular flexibility index (Phi) is 4.61. The largest absolute Gasteiger partial charge is 0.488 e. The lowest BCUT2D eigenvalue weighted by Crippen LogP contribution is -2.00. The highest BCUT2D eigenvalue weighted by atomic mass is 19.1. The summed E-state index contributed by atoms with van der Waals surface area (Å²) in [5, 5.41) is 3.93. The van der Waals surface area contributed by atoms with Gasteiger partial charge in [-0.1, -0.05) is 12.1 Å². The van der Waals surface area contributed by atoms with Gasteiger partial charge in [-0.25, -0.2) is 14.4 Å². The van der Waals surface area contributed by atoms with Crippen LogP contribution < -0.4 is 10.1 Å². The van der Waals surface area contributed by atoms with Crippen molar-refractivity contribution in [3.05, 3.63) is 84.1 Å². The van der Waals surface area contributed by atoms with E-state index in [-0.39, 0.29) is 5.82 Å². The summed E-state index contributed by atoms with van der Waals surface area (Å²) in [6.45, 7) is 2.41. The zero-order valence-corrected chi connectivity index (χ0v) is 14.7. The lowest BCUT2D eigenvalue weighted by atomic mass is 10.1. The molecule has 0 amide bonds. The number of rotatable bonds is 5. The Hall–Kier alpha value is -3.54. The molecular weight excluding hydrogens is 343 g/mol. The minimum Gasteiger partial charge on any atom is -0.488 e. The van der Waals surface area contributed by atoms with Crippen LogP contribution in [0.5, 0.6) is 5.75 Å². The third-order valence-corrected chi connectivity index (χ3v) is 4.07. The highest BCUT2D eigenvalue weighted by Gasteiger charge is 2.07. The fourth-order valence-electron chi connectivity index (χ4n) is 2.73. The van der Waals surface area contributed by atoms with Gasteiger partial charge < -0.3 is 10.1 Å². The van der Waals surface area contributed by atoms with E-state index in [1.807, 2.05) is 31.2 Å². The molecule has 2 aromatic carbocycles. The first-order valence-corrected chi connectivity index (χ1v) is 8.49. The molecule has 2 aromatic heterocycles. The molecule has 4 aromatic rings. The number of hydrogen-bond donors (Lipinski definition) is 1. The van der Waals surface area contributed by atoms with Gasteiger partial charge in [-0.2, -0.15) is 0 Å². The van der Waals surface area contributed by atoms with Crippen molar-refractivity contribution in [2.45, 2.75) is 13.5 Å².